The third kappa shape index (κ3) is 8.75. The number of nitrogens with two attached hydrogens (primary N) is 1. The fraction of sp³-hybridized carbons (Fsp3) is 0.909. The highest BCUT2D eigenvalue weighted by molar-refractivity contribution is 7.98. The van der Waals surface area contributed by atoms with Crippen LogP contribution >= 0.6 is 11.8 Å². The van der Waals surface area contributed by atoms with E-state index in [0.717, 1.165) is 12.2 Å². The fourth-order valence-corrected chi connectivity index (χ4v) is 1.42. The van der Waals surface area contributed by atoms with Crippen molar-refractivity contribution in [2.75, 3.05) is 18.6 Å². The van der Waals surface area contributed by atoms with Gasteiger partial charge in [0, 0.05) is 0 Å². The van der Waals surface area contributed by atoms with Gasteiger partial charge >= 0.3 is 5.97 Å². The highest BCUT2D eigenvalue weighted by Crippen LogP contribution is 2.18. The van der Waals surface area contributed by atoms with E-state index in [9.17, 15) is 4.79 Å². The molecule has 0 aromatic carbocycles. The average Bonchev–Trinajstić information content (AvgIpc) is 2.11. The van der Waals surface area contributed by atoms with Gasteiger partial charge in [-0.15, -0.1) is 0 Å². The average molecular weight is 233 g/mol. The molecule has 0 rings (SSSR count). The van der Waals surface area contributed by atoms with Gasteiger partial charge in [0.1, 0.15) is 6.04 Å². The van der Waals surface area contributed by atoms with Crippen molar-refractivity contribution in [2.24, 2.45) is 11.1 Å². The zero-order chi connectivity index (χ0) is 11.9. The number of thioether (sulfide) groups is 1. The zero-order valence-corrected chi connectivity index (χ0v) is 11.0. The lowest BCUT2D eigenvalue weighted by Gasteiger charge is -2.18. The van der Waals surface area contributed by atoms with Crippen molar-refractivity contribution in [3.8, 4) is 0 Å². The number of carbonyl (C=O) groups excluding carboxylic acids is 1. The second-order valence-corrected chi connectivity index (χ2v) is 5.85. The van der Waals surface area contributed by atoms with Gasteiger partial charge < -0.3 is 10.5 Å². The van der Waals surface area contributed by atoms with Crippen molar-refractivity contribution in [1.29, 1.82) is 0 Å². The van der Waals surface area contributed by atoms with E-state index in [1.165, 1.54) is 0 Å². The number of esters is 1. The fourth-order valence-electron chi connectivity index (χ4n) is 0.928. The maximum atomic E-state index is 11.4. The Balaban J connectivity index is 3.64. The van der Waals surface area contributed by atoms with Gasteiger partial charge in [0.2, 0.25) is 0 Å². The predicted octanol–water partition coefficient (Wildman–Crippen LogP) is 2.05. The first-order valence-electron chi connectivity index (χ1n) is 5.28. The molecule has 1 atom stereocenters. The molecule has 0 saturated heterocycles. The zero-order valence-electron chi connectivity index (χ0n) is 10.2. The Bertz CT molecular complexity index is 190. The molecule has 0 radical (unpaired) electrons. The van der Waals surface area contributed by atoms with Crippen molar-refractivity contribution >= 4 is 17.7 Å². The summed E-state index contributed by atoms with van der Waals surface area (Å²) in [7, 11) is 0. The Kier molecular flexibility index (Phi) is 7.02. The van der Waals surface area contributed by atoms with Crippen molar-refractivity contribution < 1.29 is 9.53 Å². The summed E-state index contributed by atoms with van der Waals surface area (Å²) in [6.07, 6.45) is 3.56. The van der Waals surface area contributed by atoms with Crippen molar-refractivity contribution in [3.63, 3.8) is 0 Å². The molecule has 1 unspecified atom stereocenters. The third-order valence-electron chi connectivity index (χ3n) is 2.03. The van der Waals surface area contributed by atoms with Crippen LogP contribution in [0.4, 0.5) is 0 Å². The first-order valence-corrected chi connectivity index (χ1v) is 6.67. The monoisotopic (exact) mass is 233 g/mol. The molecule has 0 aliphatic carbocycles. The maximum Gasteiger partial charge on any atom is 0.322 e. The molecule has 0 heterocycles. The van der Waals surface area contributed by atoms with Gasteiger partial charge in [-0.2, -0.15) is 11.8 Å². The summed E-state index contributed by atoms with van der Waals surface area (Å²) in [6, 6.07) is -0.461. The molecule has 4 heteroatoms. The molecule has 0 amide bonds. The molecule has 3 nitrogen and oxygen atoms in total. The second-order valence-electron chi connectivity index (χ2n) is 4.87. The van der Waals surface area contributed by atoms with E-state index < -0.39 is 6.04 Å². The highest BCUT2D eigenvalue weighted by atomic mass is 32.2. The van der Waals surface area contributed by atoms with Gasteiger partial charge in [-0.1, -0.05) is 20.8 Å². The largest absolute Gasteiger partial charge is 0.465 e. The Morgan fingerprint density at radius 1 is 1.47 bits per heavy atom. The van der Waals surface area contributed by atoms with Crippen molar-refractivity contribution in [1.82, 2.24) is 0 Å². The van der Waals surface area contributed by atoms with Crippen LogP contribution in [-0.2, 0) is 9.53 Å². The molecule has 0 bridgehead atoms. The molecule has 0 aliphatic heterocycles. The predicted molar refractivity (Wildman–Crippen MR) is 66.0 cm³/mol. The minimum absolute atomic E-state index is 0.198. The molecule has 0 aromatic heterocycles. The van der Waals surface area contributed by atoms with E-state index in [2.05, 4.69) is 20.8 Å². The lowest BCUT2D eigenvalue weighted by atomic mass is 9.93. The van der Waals surface area contributed by atoms with Crippen LogP contribution in [0.5, 0.6) is 0 Å². The van der Waals surface area contributed by atoms with Gasteiger partial charge in [-0.05, 0) is 30.3 Å². The number of carbonyl (C=O) groups is 1. The van der Waals surface area contributed by atoms with E-state index in [1.807, 2.05) is 6.26 Å². The number of hydrogen-bond donors (Lipinski definition) is 1. The Hall–Kier alpha value is -0.220. The first kappa shape index (κ1) is 14.8. The molecular formula is C11H23NO2S. The quantitative estimate of drug-likeness (QED) is 0.713. The van der Waals surface area contributed by atoms with Gasteiger partial charge in [0.05, 0.1) is 6.61 Å². The van der Waals surface area contributed by atoms with Crippen LogP contribution < -0.4 is 5.73 Å². The van der Waals surface area contributed by atoms with Crippen LogP contribution in [0.15, 0.2) is 0 Å². The van der Waals surface area contributed by atoms with Crippen LogP contribution in [-0.4, -0.2) is 30.6 Å². The SMILES string of the molecule is CSCCC(N)C(=O)OCCC(C)(C)C. The van der Waals surface area contributed by atoms with Crippen LogP contribution in [0.1, 0.15) is 33.6 Å². The van der Waals surface area contributed by atoms with Crippen molar-refractivity contribution in [3.05, 3.63) is 0 Å². The van der Waals surface area contributed by atoms with E-state index in [1.54, 1.807) is 11.8 Å². The topological polar surface area (TPSA) is 52.3 Å². The summed E-state index contributed by atoms with van der Waals surface area (Å²) in [4.78, 5) is 11.4. The van der Waals surface area contributed by atoms with E-state index >= 15 is 0 Å². The second kappa shape index (κ2) is 7.12. The van der Waals surface area contributed by atoms with Crippen LogP contribution in [0.3, 0.4) is 0 Å². The Labute approximate surface area is 97.1 Å². The number of ether oxygens (including phenoxy) is 1. The van der Waals surface area contributed by atoms with Crippen LogP contribution in [0, 0.1) is 5.41 Å². The molecule has 0 spiro atoms. The summed E-state index contributed by atoms with van der Waals surface area (Å²) in [6.45, 7) is 6.83. The van der Waals surface area contributed by atoms with Gasteiger partial charge in [-0.3, -0.25) is 4.79 Å². The molecule has 0 fully saturated rings. The number of hydrogen-bond acceptors (Lipinski definition) is 4. The lowest BCUT2D eigenvalue weighted by molar-refractivity contribution is -0.145. The van der Waals surface area contributed by atoms with Gasteiger partial charge in [0.15, 0.2) is 0 Å². The minimum Gasteiger partial charge on any atom is -0.465 e. The Morgan fingerprint density at radius 3 is 2.53 bits per heavy atom. The number of rotatable bonds is 6. The van der Waals surface area contributed by atoms with Crippen molar-refractivity contribution in [2.45, 2.75) is 39.7 Å². The van der Waals surface area contributed by atoms with Crippen LogP contribution in [0.2, 0.25) is 0 Å². The normalized spacial score (nSPS) is 13.7. The summed E-state index contributed by atoms with van der Waals surface area (Å²) in [5.74, 6) is 0.628. The maximum absolute atomic E-state index is 11.4. The third-order valence-corrected chi connectivity index (χ3v) is 2.68. The van der Waals surface area contributed by atoms with E-state index in [-0.39, 0.29) is 11.4 Å². The minimum atomic E-state index is -0.461. The smallest absolute Gasteiger partial charge is 0.322 e. The lowest BCUT2D eigenvalue weighted by Crippen LogP contribution is -2.33. The first-order chi connectivity index (χ1) is 6.87. The van der Waals surface area contributed by atoms with E-state index in [4.69, 9.17) is 10.5 Å². The van der Waals surface area contributed by atoms with Gasteiger partial charge in [0.25, 0.3) is 0 Å². The molecule has 0 saturated carbocycles. The van der Waals surface area contributed by atoms with Crippen LogP contribution in [0.25, 0.3) is 0 Å². The highest BCUT2D eigenvalue weighted by Gasteiger charge is 2.16. The molecule has 0 aromatic rings. The summed E-state index contributed by atoms with van der Waals surface area (Å²) in [5, 5.41) is 0. The summed E-state index contributed by atoms with van der Waals surface area (Å²) in [5.41, 5.74) is 5.86. The van der Waals surface area contributed by atoms with E-state index in [0.29, 0.717) is 13.0 Å². The standard InChI is InChI=1S/C11H23NO2S/c1-11(2,3)6-7-14-10(13)9(12)5-8-15-4/h9H,5-8,12H2,1-4H3. The molecular weight excluding hydrogens is 210 g/mol. The molecule has 2 N–H and O–H groups in total. The molecule has 0 aliphatic rings. The summed E-state index contributed by atoms with van der Waals surface area (Å²) >= 11 is 1.69. The Morgan fingerprint density at radius 2 is 2.07 bits per heavy atom. The molecule has 15 heavy (non-hydrogen) atoms. The summed E-state index contributed by atoms with van der Waals surface area (Å²) < 4.78 is 5.10. The molecule has 90 valence electrons. The van der Waals surface area contributed by atoms with Gasteiger partial charge in [-0.25, -0.2) is 0 Å².